The maximum absolute atomic E-state index is 9.25. The molecule has 0 amide bonds. The molecule has 0 aromatic heterocycles. The summed E-state index contributed by atoms with van der Waals surface area (Å²) in [6, 6.07) is 2.33. The summed E-state index contributed by atoms with van der Waals surface area (Å²) in [4.78, 5) is 0. The SMILES string of the molecule is C/C=C(C)\C=C(/C)CC/C=C(C=C(C)C)\C(C)=C(\C#N)CC. The Kier molecular flexibility index (Phi) is 9.96. The maximum atomic E-state index is 9.25. The molecule has 0 spiro atoms. The molecule has 0 heterocycles. The lowest BCUT2D eigenvalue weighted by Gasteiger charge is -2.08. The molecule has 120 valence electrons. The zero-order chi connectivity index (χ0) is 17.1. The largest absolute Gasteiger partial charge is 0.193 e. The van der Waals surface area contributed by atoms with E-state index in [0.717, 1.165) is 30.4 Å². The first-order valence-corrected chi connectivity index (χ1v) is 8.11. The van der Waals surface area contributed by atoms with E-state index in [-0.39, 0.29) is 0 Å². The van der Waals surface area contributed by atoms with Gasteiger partial charge in [0.15, 0.2) is 0 Å². The van der Waals surface area contributed by atoms with Crippen LogP contribution in [0.5, 0.6) is 0 Å². The van der Waals surface area contributed by atoms with Crippen molar-refractivity contribution in [2.75, 3.05) is 0 Å². The minimum Gasteiger partial charge on any atom is -0.193 e. The van der Waals surface area contributed by atoms with Crippen molar-refractivity contribution in [2.45, 2.75) is 67.7 Å². The van der Waals surface area contributed by atoms with Crippen molar-refractivity contribution < 1.29 is 0 Å². The summed E-state index contributed by atoms with van der Waals surface area (Å²) in [5, 5.41) is 9.25. The summed E-state index contributed by atoms with van der Waals surface area (Å²) in [5.41, 5.74) is 7.13. The minimum absolute atomic E-state index is 0.787. The van der Waals surface area contributed by atoms with E-state index in [1.807, 2.05) is 6.92 Å². The molecule has 0 N–H and O–H groups in total. The predicted octanol–water partition coefficient (Wildman–Crippen LogP) is 6.82. The van der Waals surface area contributed by atoms with E-state index in [1.165, 1.54) is 22.3 Å². The second-order valence-electron chi connectivity index (χ2n) is 6.01. The van der Waals surface area contributed by atoms with Crippen molar-refractivity contribution in [1.29, 1.82) is 5.26 Å². The summed E-state index contributed by atoms with van der Waals surface area (Å²) in [7, 11) is 0. The summed E-state index contributed by atoms with van der Waals surface area (Å²) < 4.78 is 0. The van der Waals surface area contributed by atoms with E-state index in [0.29, 0.717) is 0 Å². The Hall–Kier alpha value is -1.81. The molecule has 0 unspecified atom stereocenters. The molecule has 0 saturated carbocycles. The molecule has 1 heteroatoms. The normalized spacial score (nSPS) is 14.4. The van der Waals surface area contributed by atoms with Gasteiger partial charge in [-0.15, -0.1) is 0 Å². The first-order chi connectivity index (χ1) is 10.3. The number of rotatable bonds is 7. The molecule has 1 nitrogen and oxygen atoms in total. The average molecular weight is 297 g/mol. The molecular formula is C21H31N. The molecule has 0 atom stereocenters. The van der Waals surface area contributed by atoms with Crippen LogP contribution in [0.25, 0.3) is 0 Å². The van der Waals surface area contributed by atoms with Crippen LogP contribution in [0.15, 0.2) is 57.7 Å². The van der Waals surface area contributed by atoms with Gasteiger partial charge in [-0.25, -0.2) is 0 Å². The molecule has 0 saturated heterocycles. The lowest BCUT2D eigenvalue weighted by Crippen LogP contribution is -1.90. The summed E-state index contributed by atoms with van der Waals surface area (Å²) >= 11 is 0. The zero-order valence-electron chi connectivity index (χ0n) is 15.4. The van der Waals surface area contributed by atoms with Gasteiger partial charge in [0.05, 0.1) is 6.07 Å². The van der Waals surface area contributed by atoms with Gasteiger partial charge in [-0.1, -0.05) is 47.9 Å². The third-order valence-corrected chi connectivity index (χ3v) is 3.65. The molecule has 0 fully saturated rings. The predicted molar refractivity (Wildman–Crippen MR) is 98.5 cm³/mol. The van der Waals surface area contributed by atoms with Crippen molar-refractivity contribution >= 4 is 0 Å². The second-order valence-corrected chi connectivity index (χ2v) is 6.01. The minimum atomic E-state index is 0.787. The van der Waals surface area contributed by atoms with Crippen molar-refractivity contribution in [1.82, 2.24) is 0 Å². The van der Waals surface area contributed by atoms with Crippen LogP contribution in [0.3, 0.4) is 0 Å². The Morgan fingerprint density at radius 2 is 1.68 bits per heavy atom. The van der Waals surface area contributed by atoms with Gasteiger partial charge < -0.3 is 0 Å². The van der Waals surface area contributed by atoms with E-state index in [2.05, 4.69) is 71.9 Å². The number of allylic oxidation sites excluding steroid dienone is 10. The second kappa shape index (κ2) is 10.9. The van der Waals surface area contributed by atoms with Gasteiger partial charge in [-0.05, 0) is 72.0 Å². The Bertz CT molecular complexity index is 553. The van der Waals surface area contributed by atoms with Crippen LogP contribution in [-0.2, 0) is 0 Å². The lowest BCUT2D eigenvalue weighted by atomic mass is 9.97. The fraction of sp³-hybridized carbons (Fsp3) is 0.476. The van der Waals surface area contributed by atoms with E-state index in [1.54, 1.807) is 0 Å². The van der Waals surface area contributed by atoms with Crippen LogP contribution >= 0.6 is 0 Å². The van der Waals surface area contributed by atoms with Crippen molar-refractivity contribution in [3.05, 3.63) is 57.7 Å². The monoisotopic (exact) mass is 297 g/mol. The summed E-state index contributed by atoms with van der Waals surface area (Å²) in [6.07, 6.45) is 11.6. The average Bonchev–Trinajstić information content (AvgIpc) is 2.46. The highest BCUT2D eigenvalue weighted by atomic mass is 14.2. The highest BCUT2D eigenvalue weighted by Crippen LogP contribution is 2.21. The van der Waals surface area contributed by atoms with Crippen LogP contribution in [0.2, 0.25) is 0 Å². The Balaban J connectivity index is 5.25. The number of nitriles is 1. The van der Waals surface area contributed by atoms with Crippen molar-refractivity contribution in [2.24, 2.45) is 0 Å². The Morgan fingerprint density at radius 1 is 1.05 bits per heavy atom. The Labute approximate surface area is 137 Å². The molecule has 0 rings (SSSR count). The van der Waals surface area contributed by atoms with Gasteiger partial charge in [0.2, 0.25) is 0 Å². The van der Waals surface area contributed by atoms with E-state index in [9.17, 15) is 5.26 Å². The zero-order valence-corrected chi connectivity index (χ0v) is 15.4. The first kappa shape index (κ1) is 20.2. The fourth-order valence-electron chi connectivity index (χ4n) is 2.23. The molecule has 0 radical (unpaired) electrons. The molecule has 0 aromatic carbocycles. The van der Waals surface area contributed by atoms with Crippen molar-refractivity contribution in [3.8, 4) is 6.07 Å². The van der Waals surface area contributed by atoms with Gasteiger partial charge >= 0.3 is 0 Å². The highest BCUT2D eigenvalue weighted by Gasteiger charge is 2.04. The van der Waals surface area contributed by atoms with Gasteiger partial charge in [0, 0.05) is 5.57 Å². The lowest BCUT2D eigenvalue weighted by molar-refractivity contribution is 0.967. The number of nitrogens with zero attached hydrogens (tertiary/aromatic N) is 1. The number of hydrogen-bond donors (Lipinski definition) is 0. The van der Waals surface area contributed by atoms with E-state index >= 15 is 0 Å². The molecule has 0 aliphatic carbocycles. The van der Waals surface area contributed by atoms with E-state index in [4.69, 9.17) is 0 Å². The van der Waals surface area contributed by atoms with Crippen LogP contribution in [0, 0.1) is 11.3 Å². The number of hydrogen-bond acceptors (Lipinski definition) is 1. The van der Waals surface area contributed by atoms with Crippen molar-refractivity contribution in [3.63, 3.8) is 0 Å². The quantitative estimate of drug-likeness (QED) is 0.373. The third-order valence-electron chi connectivity index (χ3n) is 3.65. The van der Waals surface area contributed by atoms with Gasteiger partial charge in [-0.3, -0.25) is 0 Å². The van der Waals surface area contributed by atoms with Gasteiger partial charge in [-0.2, -0.15) is 5.26 Å². The maximum Gasteiger partial charge on any atom is 0.0949 e. The summed E-state index contributed by atoms with van der Waals surface area (Å²) in [6.45, 7) is 14.7. The van der Waals surface area contributed by atoms with Crippen LogP contribution in [-0.4, -0.2) is 0 Å². The van der Waals surface area contributed by atoms with Crippen LogP contribution in [0.4, 0.5) is 0 Å². The molecule has 0 aliphatic heterocycles. The molecule has 0 bridgehead atoms. The molecule has 0 aromatic rings. The van der Waals surface area contributed by atoms with Gasteiger partial charge in [0.1, 0.15) is 0 Å². The molecule has 22 heavy (non-hydrogen) atoms. The Morgan fingerprint density at radius 3 is 2.14 bits per heavy atom. The topological polar surface area (TPSA) is 23.8 Å². The third kappa shape index (κ3) is 7.84. The van der Waals surface area contributed by atoms with Crippen LogP contribution < -0.4 is 0 Å². The standard InChI is InChI=1S/C21H31N/c1-8-17(5)14-18(6)11-10-12-21(13-16(3)4)19(7)20(9-2)15-22/h8,12-14H,9-11H2,1-7H3/b17-8-,18-14+,20-19+,21-12-. The first-order valence-electron chi connectivity index (χ1n) is 8.11. The smallest absolute Gasteiger partial charge is 0.0949 e. The van der Waals surface area contributed by atoms with Crippen LogP contribution in [0.1, 0.15) is 67.7 Å². The molecular weight excluding hydrogens is 266 g/mol. The van der Waals surface area contributed by atoms with Gasteiger partial charge in [0.25, 0.3) is 0 Å². The van der Waals surface area contributed by atoms with E-state index < -0.39 is 0 Å². The highest BCUT2D eigenvalue weighted by molar-refractivity contribution is 5.46. The summed E-state index contributed by atoms with van der Waals surface area (Å²) in [5.74, 6) is 0. The fourth-order valence-corrected chi connectivity index (χ4v) is 2.23. The molecule has 0 aliphatic rings.